The minimum atomic E-state index is -0.337. The van der Waals surface area contributed by atoms with Crippen LogP contribution in [0.4, 0.5) is 0 Å². The Labute approximate surface area is 111 Å². The summed E-state index contributed by atoms with van der Waals surface area (Å²) in [7, 11) is 0. The predicted molar refractivity (Wildman–Crippen MR) is 75.4 cm³/mol. The Kier molecular flexibility index (Phi) is 5.60. The number of likely N-dealkylation sites (tertiary alicyclic amines) is 1. The molecule has 3 N–H and O–H groups in total. The number of amides is 1. The Bertz CT molecular complexity index is 265. The van der Waals surface area contributed by atoms with Crippen LogP contribution in [-0.2, 0) is 4.79 Å². The van der Waals surface area contributed by atoms with E-state index in [2.05, 4.69) is 37.9 Å². The number of carbonyl (C=O) groups is 1. The van der Waals surface area contributed by atoms with Crippen molar-refractivity contribution in [2.75, 3.05) is 13.1 Å². The van der Waals surface area contributed by atoms with Gasteiger partial charge in [-0.1, -0.05) is 13.3 Å². The highest BCUT2D eigenvalue weighted by Crippen LogP contribution is 2.20. The summed E-state index contributed by atoms with van der Waals surface area (Å²) in [6.45, 7) is 10.9. The summed E-state index contributed by atoms with van der Waals surface area (Å²) in [4.78, 5) is 14.3. The standard InChI is InChI=1S/C14H29N3O/c1-5-6-12(15)13(18)16-11-7-9-17(10-8-11)14(2,3)4/h11-12H,5-10,15H2,1-4H3,(H,16,18). The van der Waals surface area contributed by atoms with Crippen LogP contribution in [0.5, 0.6) is 0 Å². The molecule has 4 nitrogen and oxygen atoms in total. The fourth-order valence-corrected chi connectivity index (χ4v) is 2.44. The smallest absolute Gasteiger partial charge is 0.237 e. The van der Waals surface area contributed by atoms with Crippen LogP contribution < -0.4 is 11.1 Å². The van der Waals surface area contributed by atoms with Crippen molar-refractivity contribution in [3.05, 3.63) is 0 Å². The van der Waals surface area contributed by atoms with Crippen molar-refractivity contribution >= 4 is 5.91 Å². The van der Waals surface area contributed by atoms with Gasteiger partial charge in [0.2, 0.25) is 5.91 Å². The number of nitrogens with one attached hydrogen (secondary N) is 1. The summed E-state index contributed by atoms with van der Waals surface area (Å²) in [6, 6.07) is -0.0327. The summed E-state index contributed by atoms with van der Waals surface area (Å²) in [5.41, 5.74) is 6.05. The molecule has 0 aromatic carbocycles. The summed E-state index contributed by atoms with van der Waals surface area (Å²) in [5, 5.41) is 3.08. The van der Waals surface area contributed by atoms with Gasteiger partial charge in [0.1, 0.15) is 0 Å². The number of rotatable bonds is 4. The van der Waals surface area contributed by atoms with E-state index in [1.165, 1.54) is 0 Å². The van der Waals surface area contributed by atoms with E-state index in [9.17, 15) is 4.79 Å². The molecule has 1 atom stereocenters. The molecule has 0 radical (unpaired) electrons. The van der Waals surface area contributed by atoms with Gasteiger partial charge in [-0.2, -0.15) is 0 Å². The van der Waals surface area contributed by atoms with Crippen LogP contribution in [0.3, 0.4) is 0 Å². The van der Waals surface area contributed by atoms with Gasteiger partial charge >= 0.3 is 0 Å². The molecule has 0 aliphatic carbocycles. The zero-order chi connectivity index (χ0) is 13.8. The average molecular weight is 255 g/mol. The first-order chi connectivity index (χ1) is 8.34. The van der Waals surface area contributed by atoms with E-state index in [0.717, 1.165) is 38.8 Å². The van der Waals surface area contributed by atoms with Gasteiger partial charge in [0, 0.05) is 24.7 Å². The second-order valence-electron chi connectivity index (χ2n) is 6.34. The fraction of sp³-hybridized carbons (Fsp3) is 0.929. The molecular formula is C14H29N3O. The molecule has 1 rings (SSSR count). The van der Waals surface area contributed by atoms with Crippen molar-refractivity contribution in [1.82, 2.24) is 10.2 Å². The molecule has 1 heterocycles. The Morgan fingerprint density at radius 3 is 2.39 bits per heavy atom. The van der Waals surface area contributed by atoms with Gasteiger partial charge in [0.05, 0.1) is 6.04 Å². The third kappa shape index (κ3) is 4.58. The molecule has 0 spiro atoms. The van der Waals surface area contributed by atoms with Crippen LogP contribution in [0.1, 0.15) is 53.4 Å². The first-order valence-electron chi connectivity index (χ1n) is 7.15. The molecule has 0 saturated carbocycles. The third-order valence-corrected chi connectivity index (χ3v) is 3.73. The minimum absolute atomic E-state index is 0.0195. The maximum atomic E-state index is 11.8. The Hall–Kier alpha value is -0.610. The molecule has 1 aliphatic rings. The Morgan fingerprint density at radius 1 is 1.39 bits per heavy atom. The quantitative estimate of drug-likeness (QED) is 0.800. The highest BCUT2D eigenvalue weighted by molar-refractivity contribution is 5.81. The van der Waals surface area contributed by atoms with E-state index < -0.39 is 0 Å². The number of hydrogen-bond donors (Lipinski definition) is 2. The van der Waals surface area contributed by atoms with Crippen LogP contribution in [0.25, 0.3) is 0 Å². The van der Waals surface area contributed by atoms with E-state index in [1.807, 2.05) is 0 Å². The predicted octanol–water partition coefficient (Wildman–Crippen LogP) is 1.49. The Morgan fingerprint density at radius 2 is 1.94 bits per heavy atom. The maximum Gasteiger partial charge on any atom is 0.237 e. The summed E-state index contributed by atoms with van der Waals surface area (Å²) < 4.78 is 0. The van der Waals surface area contributed by atoms with Crippen LogP contribution in [0.2, 0.25) is 0 Å². The van der Waals surface area contributed by atoms with Crippen molar-refractivity contribution in [3.63, 3.8) is 0 Å². The van der Waals surface area contributed by atoms with Crippen molar-refractivity contribution in [2.45, 2.75) is 71.0 Å². The van der Waals surface area contributed by atoms with Gasteiger partial charge in [0.15, 0.2) is 0 Å². The van der Waals surface area contributed by atoms with Crippen molar-refractivity contribution < 1.29 is 4.79 Å². The van der Waals surface area contributed by atoms with Crippen molar-refractivity contribution in [1.29, 1.82) is 0 Å². The third-order valence-electron chi connectivity index (χ3n) is 3.73. The molecule has 1 aliphatic heterocycles. The maximum absolute atomic E-state index is 11.8. The minimum Gasteiger partial charge on any atom is -0.352 e. The number of carbonyl (C=O) groups excluding carboxylic acids is 1. The first kappa shape index (κ1) is 15.4. The van der Waals surface area contributed by atoms with Gasteiger partial charge < -0.3 is 11.1 Å². The van der Waals surface area contributed by atoms with Crippen molar-refractivity contribution in [2.24, 2.45) is 5.73 Å². The summed E-state index contributed by atoms with van der Waals surface area (Å²) in [5.74, 6) is 0.0195. The molecule has 1 unspecified atom stereocenters. The van der Waals surface area contributed by atoms with Crippen LogP contribution in [-0.4, -0.2) is 41.5 Å². The van der Waals surface area contributed by atoms with Crippen LogP contribution in [0, 0.1) is 0 Å². The number of nitrogens with two attached hydrogens (primary N) is 1. The normalized spacial score (nSPS) is 20.7. The lowest BCUT2D eigenvalue weighted by Gasteiger charge is -2.41. The number of hydrogen-bond acceptors (Lipinski definition) is 3. The molecule has 18 heavy (non-hydrogen) atoms. The van der Waals surface area contributed by atoms with Crippen LogP contribution in [0.15, 0.2) is 0 Å². The topological polar surface area (TPSA) is 58.4 Å². The summed E-state index contributed by atoms with van der Waals surface area (Å²) >= 11 is 0. The zero-order valence-electron chi connectivity index (χ0n) is 12.3. The highest BCUT2D eigenvalue weighted by atomic mass is 16.2. The monoisotopic (exact) mass is 255 g/mol. The molecule has 106 valence electrons. The van der Waals surface area contributed by atoms with Gasteiger partial charge in [0.25, 0.3) is 0 Å². The molecule has 4 heteroatoms. The number of nitrogens with zero attached hydrogens (tertiary/aromatic N) is 1. The largest absolute Gasteiger partial charge is 0.352 e. The first-order valence-corrected chi connectivity index (χ1v) is 7.15. The second-order valence-corrected chi connectivity index (χ2v) is 6.34. The fourth-order valence-electron chi connectivity index (χ4n) is 2.44. The van der Waals surface area contributed by atoms with E-state index in [1.54, 1.807) is 0 Å². The lowest BCUT2D eigenvalue weighted by Crippen LogP contribution is -2.53. The lowest BCUT2D eigenvalue weighted by atomic mass is 9.98. The van der Waals surface area contributed by atoms with E-state index >= 15 is 0 Å². The Balaban J connectivity index is 2.33. The summed E-state index contributed by atoms with van der Waals surface area (Å²) in [6.07, 6.45) is 3.79. The second kappa shape index (κ2) is 6.53. The zero-order valence-corrected chi connectivity index (χ0v) is 12.3. The molecule has 1 saturated heterocycles. The average Bonchev–Trinajstić information content (AvgIpc) is 2.28. The SMILES string of the molecule is CCCC(N)C(=O)NC1CCN(C(C)(C)C)CC1. The van der Waals surface area contributed by atoms with Gasteiger partial charge in [-0.05, 0) is 40.0 Å². The van der Waals surface area contributed by atoms with E-state index in [-0.39, 0.29) is 17.5 Å². The molecule has 0 aromatic rings. The molecule has 1 amide bonds. The molecular weight excluding hydrogens is 226 g/mol. The van der Waals surface area contributed by atoms with Gasteiger partial charge in [-0.25, -0.2) is 0 Å². The van der Waals surface area contributed by atoms with Gasteiger partial charge in [-0.3, -0.25) is 9.69 Å². The highest BCUT2D eigenvalue weighted by Gasteiger charge is 2.28. The number of piperidine rings is 1. The van der Waals surface area contributed by atoms with Crippen molar-refractivity contribution in [3.8, 4) is 0 Å². The van der Waals surface area contributed by atoms with E-state index in [0.29, 0.717) is 6.04 Å². The van der Waals surface area contributed by atoms with Crippen LogP contribution >= 0.6 is 0 Å². The van der Waals surface area contributed by atoms with Gasteiger partial charge in [-0.15, -0.1) is 0 Å². The lowest BCUT2D eigenvalue weighted by molar-refractivity contribution is -0.123. The van der Waals surface area contributed by atoms with E-state index in [4.69, 9.17) is 5.73 Å². The molecule has 0 aromatic heterocycles. The molecule has 0 bridgehead atoms. The molecule has 1 fully saturated rings.